The molecular weight excluding hydrogens is 699 g/mol. The zero-order chi connectivity index (χ0) is 38.8. The quantitative estimate of drug-likeness (QED) is 0.170. The van der Waals surface area contributed by atoms with Gasteiger partial charge >= 0.3 is 0 Å². The molecule has 0 saturated heterocycles. The third kappa shape index (κ3) is 5.39. The SMILES string of the molecule is CC1(C)c2ccccc2-c2cc(N(c3ccc4c(c3)-c3ccccc3-c3ccccc3-c3ccccc3-4)c3ccc(-c4ccccc4)cc3-c3ccccc3)ccc21. The van der Waals surface area contributed by atoms with E-state index in [-0.39, 0.29) is 5.41 Å². The minimum atomic E-state index is -0.0855. The largest absolute Gasteiger partial charge is 0.310 e. The van der Waals surface area contributed by atoms with E-state index in [2.05, 4.69) is 231 Å². The highest BCUT2D eigenvalue weighted by atomic mass is 15.1. The first-order chi connectivity index (χ1) is 28.5. The van der Waals surface area contributed by atoms with Gasteiger partial charge in [-0.05, 0) is 120 Å². The summed E-state index contributed by atoms with van der Waals surface area (Å²) in [5.74, 6) is 0. The van der Waals surface area contributed by atoms with Gasteiger partial charge in [-0.3, -0.25) is 0 Å². The molecule has 0 bridgehead atoms. The normalized spacial score (nSPS) is 12.8. The predicted molar refractivity (Wildman–Crippen MR) is 245 cm³/mol. The second-order valence-electron chi connectivity index (χ2n) is 16.1. The molecule has 0 heterocycles. The average molecular weight is 740 g/mol. The van der Waals surface area contributed by atoms with Crippen molar-refractivity contribution in [2.45, 2.75) is 19.3 Å². The van der Waals surface area contributed by atoms with Gasteiger partial charge in [0.2, 0.25) is 0 Å². The Morgan fingerprint density at radius 2 is 0.707 bits per heavy atom. The van der Waals surface area contributed by atoms with Gasteiger partial charge in [-0.15, -0.1) is 0 Å². The first kappa shape index (κ1) is 34.1. The van der Waals surface area contributed by atoms with Crippen LogP contribution in [-0.4, -0.2) is 0 Å². The highest BCUT2D eigenvalue weighted by molar-refractivity contribution is 6.04. The van der Waals surface area contributed by atoms with Gasteiger partial charge in [0.05, 0.1) is 5.69 Å². The Balaban J connectivity index is 1.20. The van der Waals surface area contributed by atoms with Gasteiger partial charge in [0.1, 0.15) is 0 Å². The first-order valence-corrected chi connectivity index (χ1v) is 20.3. The second-order valence-corrected chi connectivity index (χ2v) is 16.1. The Labute approximate surface area is 341 Å². The first-order valence-electron chi connectivity index (χ1n) is 20.3. The van der Waals surface area contributed by atoms with Crippen LogP contribution in [0.3, 0.4) is 0 Å². The van der Waals surface area contributed by atoms with Crippen molar-refractivity contribution in [2.75, 3.05) is 4.90 Å². The highest BCUT2D eigenvalue weighted by Gasteiger charge is 2.36. The van der Waals surface area contributed by atoms with Gasteiger partial charge in [-0.1, -0.05) is 190 Å². The van der Waals surface area contributed by atoms with E-state index in [1.165, 1.54) is 89.0 Å². The number of benzene rings is 9. The molecule has 0 unspecified atom stereocenters. The molecule has 0 N–H and O–H groups in total. The van der Waals surface area contributed by atoms with E-state index in [4.69, 9.17) is 0 Å². The molecule has 0 fully saturated rings. The summed E-state index contributed by atoms with van der Waals surface area (Å²) in [5, 5.41) is 0. The predicted octanol–water partition coefficient (Wildman–Crippen LogP) is 15.8. The zero-order valence-electron chi connectivity index (χ0n) is 32.7. The van der Waals surface area contributed by atoms with Crippen LogP contribution in [0.15, 0.2) is 212 Å². The maximum Gasteiger partial charge on any atom is 0.0540 e. The topological polar surface area (TPSA) is 3.24 Å². The molecule has 0 aromatic heterocycles. The summed E-state index contributed by atoms with van der Waals surface area (Å²) in [5.41, 5.74) is 23.3. The molecule has 0 saturated carbocycles. The maximum absolute atomic E-state index is 2.49. The molecule has 0 aliphatic heterocycles. The van der Waals surface area contributed by atoms with Crippen molar-refractivity contribution in [1.82, 2.24) is 0 Å². The van der Waals surface area contributed by atoms with E-state index < -0.39 is 0 Å². The van der Waals surface area contributed by atoms with Gasteiger partial charge in [0.25, 0.3) is 0 Å². The summed E-state index contributed by atoms with van der Waals surface area (Å²) in [7, 11) is 0. The minimum absolute atomic E-state index is 0.0855. The number of hydrogen-bond acceptors (Lipinski definition) is 1. The second kappa shape index (κ2) is 13.5. The molecular formula is C57H41N. The monoisotopic (exact) mass is 739 g/mol. The van der Waals surface area contributed by atoms with E-state index in [9.17, 15) is 0 Å². The molecule has 58 heavy (non-hydrogen) atoms. The minimum Gasteiger partial charge on any atom is -0.310 e. The van der Waals surface area contributed by atoms with E-state index in [0.29, 0.717) is 0 Å². The van der Waals surface area contributed by atoms with Crippen molar-refractivity contribution in [3.63, 3.8) is 0 Å². The van der Waals surface area contributed by atoms with Gasteiger partial charge in [-0.25, -0.2) is 0 Å². The van der Waals surface area contributed by atoms with Crippen molar-refractivity contribution < 1.29 is 0 Å². The lowest BCUT2D eigenvalue weighted by Crippen LogP contribution is -2.15. The van der Waals surface area contributed by atoms with Gasteiger partial charge in [0, 0.05) is 22.4 Å². The van der Waals surface area contributed by atoms with Crippen LogP contribution in [0.5, 0.6) is 0 Å². The van der Waals surface area contributed by atoms with Crippen molar-refractivity contribution >= 4 is 17.1 Å². The summed E-state index contributed by atoms with van der Waals surface area (Å²) >= 11 is 0. The standard InChI is InChI=1S/C57H41N/c1-57(2)54-28-16-15-27-50(54)53-37-42(31-33-55(53)57)58(56-34-29-40(38-17-5-3-6-18-38)35-51(56)39-19-7-4-8-20-39)41-30-32-49-47-25-12-11-23-45(47)43-21-9-10-22-44(43)46-24-13-14-26-48(46)52(49)36-41/h3-37H,1-2H3. The smallest absolute Gasteiger partial charge is 0.0540 e. The molecule has 9 aromatic rings. The highest BCUT2D eigenvalue weighted by Crippen LogP contribution is 2.53. The maximum atomic E-state index is 2.49. The number of rotatable bonds is 5. The zero-order valence-corrected chi connectivity index (χ0v) is 32.7. The van der Waals surface area contributed by atoms with Crippen molar-refractivity contribution in [2.24, 2.45) is 0 Å². The number of hydrogen-bond donors (Lipinski definition) is 0. The van der Waals surface area contributed by atoms with E-state index >= 15 is 0 Å². The molecule has 0 atom stereocenters. The third-order valence-electron chi connectivity index (χ3n) is 12.5. The van der Waals surface area contributed by atoms with Crippen LogP contribution < -0.4 is 4.90 Å². The summed E-state index contributed by atoms with van der Waals surface area (Å²) < 4.78 is 0. The third-order valence-corrected chi connectivity index (χ3v) is 12.5. The number of fused-ring (bicyclic) bond motifs is 11. The number of anilines is 3. The summed E-state index contributed by atoms with van der Waals surface area (Å²) in [6.07, 6.45) is 0. The molecule has 11 rings (SSSR count). The Kier molecular flexibility index (Phi) is 7.91. The molecule has 9 aromatic carbocycles. The summed E-state index contributed by atoms with van der Waals surface area (Å²) in [4.78, 5) is 2.49. The fraction of sp³-hybridized carbons (Fsp3) is 0.0526. The molecule has 2 aliphatic rings. The molecule has 1 heteroatoms. The average Bonchev–Trinajstić information content (AvgIpc) is 3.52. The molecule has 0 radical (unpaired) electrons. The van der Waals surface area contributed by atoms with Crippen LogP contribution in [0, 0.1) is 0 Å². The lowest BCUT2D eigenvalue weighted by atomic mass is 9.80. The number of nitrogens with zero attached hydrogens (tertiary/aromatic N) is 1. The van der Waals surface area contributed by atoms with Gasteiger partial charge in [-0.2, -0.15) is 0 Å². The lowest BCUT2D eigenvalue weighted by molar-refractivity contribution is 0.660. The van der Waals surface area contributed by atoms with Crippen molar-refractivity contribution in [1.29, 1.82) is 0 Å². The van der Waals surface area contributed by atoms with Crippen molar-refractivity contribution in [3.8, 4) is 77.9 Å². The van der Waals surface area contributed by atoms with Gasteiger partial charge < -0.3 is 4.90 Å². The molecule has 0 spiro atoms. The van der Waals surface area contributed by atoms with Crippen molar-refractivity contribution in [3.05, 3.63) is 223 Å². The fourth-order valence-electron chi connectivity index (χ4n) is 9.65. The summed E-state index contributed by atoms with van der Waals surface area (Å²) in [6.45, 7) is 4.71. The Morgan fingerprint density at radius 1 is 0.276 bits per heavy atom. The lowest BCUT2D eigenvalue weighted by Gasteiger charge is -2.31. The Morgan fingerprint density at radius 3 is 1.29 bits per heavy atom. The molecule has 274 valence electrons. The Hall–Kier alpha value is -7.22. The molecule has 1 nitrogen and oxygen atoms in total. The van der Waals surface area contributed by atoms with Crippen LogP contribution in [-0.2, 0) is 5.41 Å². The van der Waals surface area contributed by atoms with Gasteiger partial charge in [0.15, 0.2) is 0 Å². The van der Waals surface area contributed by atoms with Crippen LogP contribution >= 0.6 is 0 Å². The van der Waals surface area contributed by atoms with Crippen LogP contribution in [0.4, 0.5) is 17.1 Å². The van der Waals surface area contributed by atoms with Crippen LogP contribution in [0.2, 0.25) is 0 Å². The Bertz CT molecular complexity index is 3020. The fourth-order valence-corrected chi connectivity index (χ4v) is 9.65. The van der Waals surface area contributed by atoms with Crippen LogP contribution in [0.1, 0.15) is 25.0 Å². The summed E-state index contributed by atoms with van der Waals surface area (Å²) in [6, 6.07) is 78.4. The van der Waals surface area contributed by atoms with E-state index in [1.54, 1.807) is 0 Å². The van der Waals surface area contributed by atoms with E-state index in [1.807, 2.05) is 0 Å². The molecule has 2 aliphatic carbocycles. The van der Waals surface area contributed by atoms with E-state index in [0.717, 1.165) is 17.1 Å². The van der Waals surface area contributed by atoms with Crippen LogP contribution in [0.25, 0.3) is 77.9 Å². The molecule has 0 amide bonds.